The van der Waals surface area contributed by atoms with Gasteiger partial charge >= 0.3 is 0 Å². The van der Waals surface area contributed by atoms with Crippen molar-refractivity contribution < 1.29 is 9.90 Å². The summed E-state index contributed by atoms with van der Waals surface area (Å²) in [5.74, 6) is -0.359. The van der Waals surface area contributed by atoms with Gasteiger partial charge in [0.05, 0.1) is 0 Å². The summed E-state index contributed by atoms with van der Waals surface area (Å²) in [7, 11) is 0. The molecule has 0 saturated heterocycles. The van der Waals surface area contributed by atoms with E-state index < -0.39 is 6.61 Å². The Bertz CT molecular complexity index is 561. The topological polar surface area (TPSA) is 49.3 Å². The van der Waals surface area contributed by atoms with Crippen molar-refractivity contribution in [2.45, 2.75) is 13.5 Å². The number of carbonyl (C=O) groups excluding carboxylic acids is 1. The smallest absolute Gasteiger partial charge is 0.245 e. The Balaban J connectivity index is 2.08. The molecule has 0 heterocycles. The van der Waals surface area contributed by atoms with Gasteiger partial charge in [-0.3, -0.25) is 4.79 Å². The summed E-state index contributed by atoms with van der Waals surface area (Å²) in [5, 5.41) is 11.2. The molecule has 2 aromatic rings. The van der Waals surface area contributed by atoms with E-state index in [1.165, 1.54) is 11.1 Å². The molecule has 0 aliphatic heterocycles. The van der Waals surface area contributed by atoms with Gasteiger partial charge in [-0.15, -0.1) is 0 Å². The van der Waals surface area contributed by atoms with Gasteiger partial charge < -0.3 is 10.4 Å². The first-order valence-corrected chi connectivity index (χ1v) is 6.22. The third-order valence-corrected chi connectivity index (χ3v) is 2.94. The van der Waals surface area contributed by atoms with Crippen LogP contribution in [0.25, 0.3) is 11.1 Å². The van der Waals surface area contributed by atoms with E-state index in [-0.39, 0.29) is 5.91 Å². The Morgan fingerprint density at radius 1 is 1.11 bits per heavy atom. The van der Waals surface area contributed by atoms with Gasteiger partial charge in [0.15, 0.2) is 0 Å². The minimum atomic E-state index is -0.471. The fraction of sp³-hybridized carbons (Fsp3) is 0.188. The molecule has 0 fully saturated rings. The lowest BCUT2D eigenvalue weighted by molar-refractivity contribution is -0.123. The summed E-state index contributed by atoms with van der Waals surface area (Å²) in [4.78, 5) is 10.9. The fourth-order valence-electron chi connectivity index (χ4n) is 1.90. The number of hydrogen-bond donors (Lipinski definition) is 2. The molecule has 0 aliphatic rings. The van der Waals surface area contributed by atoms with Crippen LogP contribution in [0.15, 0.2) is 48.5 Å². The van der Waals surface area contributed by atoms with Crippen molar-refractivity contribution in [3.8, 4) is 11.1 Å². The third-order valence-electron chi connectivity index (χ3n) is 2.94. The van der Waals surface area contributed by atoms with Crippen LogP contribution in [0.4, 0.5) is 0 Å². The molecule has 98 valence electrons. The highest BCUT2D eigenvalue weighted by Crippen LogP contribution is 2.20. The zero-order valence-electron chi connectivity index (χ0n) is 10.9. The predicted octanol–water partition coefficient (Wildman–Crippen LogP) is 2.27. The summed E-state index contributed by atoms with van der Waals surface area (Å²) in [5.41, 5.74) is 4.59. The van der Waals surface area contributed by atoms with Crippen LogP contribution in [0.5, 0.6) is 0 Å². The predicted molar refractivity (Wildman–Crippen MR) is 75.5 cm³/mol. The Labute approximate surface area is 112 Å². The van der Waals surface area contributed by atoms with Crippen LogP contribution in [0, 0.1) is 6.92 Å². The quantitative estimate of drug-likeness (QED) is 0.880. The maximum atomic E-state index is 10.9. The van der Waals surface area contributed by atoms with E-state index in [4.69, 9.17) is 5.11 Å². The first kappa shape index (κ1) is 13.3. The summed E-state index contributed by atoms with van der Waals surface area (Å²) in [6.07, 6.45) is 0. The third kappa shape index (κ3) is 3.66. The van der Waals surface area contributed by atoms with E-state index >= 15 is 0 Å². The molecule has 0 spiro atoms. The first-order valence-electron chi connectivity index (χ1n) is 6.22. The summed E-state index contributed by atoms with van der Waals surface area (Å²) < 4.78 is 0. The van der Waals surface area contributed by atoms with Crippen LogP contribution in [0.2, 0.25) is 0 Å². The number of nitrogens with one attached hydrogen (secondary N) is 1. The molecule has 2 N–H and O–H groups in total. The van der Waals surface area contributed by atoms with E-state index in [9.17, 15) is 4.79 Å². The minimum absolute atomic E-state index is 0.359. The number of aliphatic hydroxyl groups excluding tert-OH is 1. The van der Waals surface area contributed by atoms with Gasteiger partial charge in [0.25, 0.3) is 0 Å². The van der Waals surface area contributed by atoms with Gasteiger partial charge in [-0.1, -0.05) is 54.1 Å². The van der Waals surface area contributed by atoms with Crippen molar-refractivity contribution in [3.05, 3.63) is 59.7 Å². The van der Waals surface area contributed by atoms with Gasteiger partial charge in [-0.2, -0.15) is 0 Å². The van der Waals surface area contributed by atoms with E-state index in [0.29, 0.717) is 6.54 Å². The largest absolute Gasteiger partial charge is 0.387 e. The summed E-state index contributed by atoms with van der Waals surface area (Å²) >= 11 is 0. The molecule has 0 radical (unpaired) electrons. The Kier molecular flexibility index (Phi) is 4.31. The van der Waals surface area contributed by atoms with Gasteiger partial charge in [-0.05, 0) is 23.6 Å². The van der Waals surface area contributed by atoms with Gasteiger partial charge in [0.2, 0.25) is 5.91 Å². The molecule has 1 amide bonds. The molecule has 0 unspecified atom stereocenters. The van der Waals surface area contributed by atoms with Gasteiger partial charge in [0, 0.05) is 6.54 Å². The highest BCUT2D eigenvalue weighted by Gasteiger charge is 2.00. The number of benzene rings is 2. The molecule has 3 heteroatoms. The zero-order chi connectivity index (χ0) is 13.7. The molecule has 3 nitrogen and oxygen atoms in total. The molecule has 0 saturated carbocycles. The van der Waals surface area contributed by atoms with Crippen molar-refractivity contribution in [1.29, 1.82) is 0 Å². The maximum absolute atomic E-state index is 10.9. The summed E-state index contributed by atoms with van der Waals surface area (Å²) in [6.45, 7) is 2.04. The highest BCUT2D eigenvalue weighted by molar-refractivity contribution is 5.76. The average Bonchev–Trinajstić information content (AvgIpc) is 2.45. The lowest BCUT2D eigenvalue weighted by Gasteiger charge is -2.06. The van der Waals surface area contributed by atoms with Crippen LogP contribution in [-0.4, -0.2) is 17.6 Å². The second kappa shape index (κ2) is 6.16. The lowest BCUT2D eigenvalue weighted by atomic mass is 10.0. The molecular weight excluding hydrogens is 238 g/mol. The number of rotatable bonds is 4. The Hall–Kier alpha value is -2.13. The number of carbonyl (C=O) groups is 1. The molecular formula is C16H17NO2. The summed E-state index contributed by atoms with van der Waals surface area (Å²) in [6, 6.07) is 16.4. The van der Waals surface area contributed by atoms with Crippen LogP contribution in [-0.2, 0) is 11.3 Å². The fourth-order valence-corrected chi connectivity index (χ4v) is 1.90. The van der Waals surface area contributed by atoms with Crippen LogP contribution >= 0.6 is 0 Å². The van der Waals surface area contributed by atoms with Crippen molar-refractivity contribution in [3.63, 3.8) is 0 Å². The maximum Gasteiger partial charge on any atom is 0.245 e. The zero-order valence-corrected chi connectivity index (χ0v) is 10.9. The van der Waals surface area contributed by atoms with E-state index in [2.05, 4.69) is 30.4 Å². The van der Waals surface area contributed by atoms with Crippen molar-refractivity contribution in [2.24, 2.45) is 0 Å². The van der Waals surface area contributed by atoms with Crippen LogP contribution in [0.3, 0.4) is 0 Å². The monoisotopic (exact) mass is 255 g/mol. The molecule has 0 aliphatic carbocycles. The van der Waals surface area contributed by atoms with Crippen LogP contribution in [0.1, 0.15) is 11.1 Å². The van der Waals surface area contributed by atoms with Gasteiger partial charge in [-0.25, -0.2) is 0 Å². The number of aliphatic hydroxyl groups is 1. The minimum Gasteiger partial charge on any atom is -0.387 e. The highest BCUT2D eigenvalue weighted by atomic mass is 16.3. The molecule has 2 rings (SSSR count). The molecule has 0 aromatic heterocycles. The van der Waals surface area contributed by atoms with Crippen LogP contribution < -0.4 is 5.32 Å². The molecule has 0 atom stereocenters. The molecule has 0 bridgehead atoms. The molecule has 2 aromatic carbocycles. The number of amides is 1. The van der Waals surface area contributed by atoms with Crippen molar-refractivity contribution >= 4 is 5.91 Å². The standard InChI is InChI=1S/C16H17NO2/c1-12-3-2-4-15(9-12)14-7-5-13(6-8-14)10-17-16(19)11-18/h2-9,18H,10-11H2,1H3,(H,17,19). The second-order valence-electron chi connectivity index (χ2n) is 4.50. The van der Waals surface area contributed by atoms with E-state index in [0.717, 1.165) is 11.1 Å². The first-order chi connectivity index (χ1) is 9.19. The van der Waals surface area contributed by atoms with Crippen molar-refractivity contribution in [2.75, 3.05) is 6.61 Å². The number of hydrogen-bond acceptors (Lipinski definition) is 2. The number of aryl methyl sites for hydroxylation is 1. The SMILES string of the molecule is Cc1cccc(-c2ccc(CNC(=O)CO)cc2)c1. The second-order valence-corrected chi connectivity index (χ2v) is 4.50. The van der Waals surface area contributed by atoms with Crippen molar-refractivity contribution in [1.82, 2.24) is 5.32 Å². The van der Waals surface area contributed by atoms with Gasteiger partial charge in [0.1, 0.15) is 6.61 Å². The normalized spacial score (nSPS) is 10.2. The van der Waals surface area contributed by atoms with E-state index in [1.54, 1.807) is 0 Å². The Morgan fingerprint density at radius 3 is 2.47 bits per heavy atom. The average molecular weight is 255 g/mol. The van der Waals surface area contributed by atoms with E-state index in [1.807, 2.05) is 30.3 Å². The molecule has 19 heavy (non-hydrogen) atoms. The lowest BCUT2D eigenvalue weighted by Crippen LogP contribution is -2.25. The Morgan fingerprint density at radius 2 is 1.84 bits per heavy atom.